The highest BCUT2D eigenvalue weighted by Crippen LogP contribution is 2.31. The summed E-state index contributed by atoms with van der Waals surface area (Å²) in [5.41, 5.74) is -2.30. The molecule has 1 aromatic heterocycles. The number of aromatic nitrogens is 2. The Morgan fingerprint density at radius 1 is 1.09 bits per heavy atom. The lowest BCUT2D eigenvalue weighted by atomic mass is 9.90. The van der Waals surface area contributed by atoms with Crippen LogP contribution in [0.15, 0.2) is 42.6 Å². The van der Waals surface area contributed by atoms with Crippen LogP contribution in [0, 0.1) is 11.6 Å². The molecule has 0 saturated carbocycles. The molecule has 12 heteroatoms. The van der Waals surface area contributed by atoms with Crippen LogP contribution in [-0.2, 0) is 10.2 Å². The molecule has 3 rings (SSSR count). The molecule has 1 heterocycles. The first-order valence-corrected chi connectivity index (χ1v) is 9.67. The molecule has 0 atom stereocenters. The second kappa shape index (κ2) is 9.41. The first-order chi connectivity index (χ1) is 15.9. The molecular formula is C22H19F4N3O5. The van der Waals surface area contributed by atoms with E-state index in [9.17, 15) is 32.3 Å². The lowest BCUT2D eigenvalue weighted by Crippen LogP contribution is -2.29. The predicted octanol–water partition coefficient (Wildman–Crippen LogP) is 4.38. The summed E-state index contributed by atoms with van der Waals surface area (Å²) in [6.45, 7) is -0.385. The van der Waals surface area contributed by atoms with E-state index in [1.165, 1.54) is 33.1 Å². The van der Waals surface area contributed by atoms with E-state index in [0.29, 0.717) is 0 Å². The number of carbonyl (C=O) groups excluding carboxylic acids is 1. The Morgan fingerprint density at radius 3 is 2.18 bits per heavy atom. The van der Waals surface area contributed by atoms with Crippen molar-refractivity contribution in [3.8, 4) is 17.2 Å². The van der Waals surface area contributed by atoms with Crippen molar-refractivity contribution in [3.63, 3.8) is 0 Å². The summed E-state index contributed by atoms with van der Waals surface area (Å²) in [6, 6.07) is 6.47. The number of alkyl halides is 2. The van der Waals surface area contributed by atoms with Gasteiger partial charge in [0, 0.05) is 23.9 Å². The van der Waals surface area contributed by atoms with Crippen LogP contribution in [0.2, 0.25) is 0 Å². The number of carboxylic acids is 1. The van der Waals surface area contributed by atoms with E-state index in [-0.39, 0.29) is 28.7 Å². The van der Waals surface area contributed by atoms with Gasteiger partial charge in [0.05, 0.1) is 12.8 Å². The van der Waals surface area contributed by atoms with Gasteiger partial charge in [0.25, 0.3) is 5.91 Å². The van der Waals surface area contributed by atoms with Crippen molar-refractivity contribution in [1.29, 1.82) is 0 Å². The van der Waals surface area contributed by atoms with Crippen molar-refractivity contribution < 1.29 is 41.7 Å². The van der Waals surface area contributed by atoms with Crippen LogP contribution in [0.1, 0.15) is 29.9 Å². The molecule has 34 heavy (non-hydrogen) atoms. The molecule has 180 valence electrons. The topological polar surface area (TPSA) is 103 Å². The summed E-state index contributed by atoms with van der Waals surface area (Å²) in [4.78, 5) is 28.5. The summed E-state index contributed by atoms with van der Waals surface area (Å²) in [5.74, 6) is -4.83. The van der Waals surface area contributed by atoms with Crippen LogP contribution in [0.25, 0.3) is 5.69 Å². The minimum atomic E-state index is -3.04. The number of benzene rings is 2. The molecule has 3 aromatic rings. The van der Waals surface area contributed by atoms with E-state index in [2.05, 4.69) is 15.0 Å². The summed E-state index contributed by atoms with van der Waals surface area (Å²) in [6.07, 6.45) is 1.09. The average molecular weight is 481 g/mol. The zero-order valence-corrected chi connectivity index (χ0v) is 18.1. The predicted molar refractivity (Wildman–Crippen MR) is 112 cm³/mol. The maximum Gasteiger partial charge on any atom is 0.387 e. The Balaban J connectivity index is 2.05. The summed E-state index contributed by atoms with van der Waals surface area (Å²) in [7, 11) is 1.22. The van der Waals surface area contributed by atoms with E-state index in [1.807, 2.05) is 0 Å². The first kappa shape index (κ1) is 24.6. The number of methoxy groups -OCH3 is 1. The number of halogens is 4. The minimum Gasteiger partial charge on any atom is -0.497 e. The Kier molecular flexibility index (Phi) is 6.80. The average Bonchev–Trinajstić information content (AvgIpc) is 3.17. The molecule has 2 N–H and O–H groups in total. The van der Waals surface area contributed by atoms with Gasteiger partial charge >= 0.3 is 12.6 Å². The molecule has 0 spiro atoms. The van der Waals surface area contributed by atoms with Gasteiger partial charge in [0.2, 0.25) is 5.95 Å². The van der Waals surface area contributed by atoms with Gasteiger partial charge in [-0.25, -0.2) is 13.8 Å². The highest BCUT2D eigenvalue weighted by molar-refractivity contribution is 6.03. The van der Waals surface area contributed by atoms with E-state index in [1.54, 1.807) is 0 Å². The lowest BCUT2D eigenvalue weighted by molar-refractivity contribution is -0.142. The molecule has 0 fully saturated rings. The fourth-order valence-electron chi connectivity index (χ4n) is 2.90. The van der Waals surface area contributed by atoms with Crippen molar-refractivity contribution in [2.75, 3.05) is 12.4 Å². The van der Waals surface area contributed by atoms with Crippen molar-refractivity contribution >= 4 is 17.8 Å². The quantitative estimate of drug-likeness (QED) is 0.463. The molecule has 0 saturated heterocycles. The summed E-state index contributed by atoms with van der Waals surface area (Å²) < 4.78 is 64.1. The van der Waals surface area contributed by atoms with Crippen LogP contribution in [0.5, 0.6) is 11.5 Å². The summed E-state index contributed by atoms with van der Waals surface area (Å²) >= 11 is 0. The number of hydrogen-bond donors (Lipinski definition) is 2. The number of carboxylic acid groups (broad SMARTS) is 1. The number of hydrogen-bond acceptors (Lipinski definition) is 5. The smallest absolute Gasteiger partial charge is 0.387 e. The van der Waals surface area contributed by atoms with Crippen LogP contribution >= 0.6 is 0 Å². The Bertz CT molecular complexity index is 1200. The molecule has 0 aliphatic rings. The maximum atomic E-state index is 14.8. The van der Waals surface area contributed by atoms with E-state index >= 15 is 0 Å². The fraction of sp³-hybridized carbons (Fsp3) is 0.227. The number of amides is 1. The number of ether oxygens (including phenoxy) is 2. The second-order valence-corrected chi connectivity index (χ2v) is 7.55. The van der Waals surface area contributed by atoms with Crippen LogP contribution in [0.4, 0.5) is 23.5 Å². The standard InChI is InChI=1S/C22H19F4N3O5/c1-22(2,19(31)32)16-10-29(17-14(23)8-13(33-3)9-15(17)24)21(27-16)28-18(30)11-4-6-12(7-5-11)34-20(25)26/h4-10,20H,1-3H3,(H,31,32)(H,27,28,30). The highest BCUT2D eigenvalue weighted by atomic mass is 19.3. The van der Waals surface area contributed by atoms with Crippen molar-refractivity contribution in [1.82, 2.24) is 9.55 Å². The van der Waals surface area contributed by atoms with E-state index < -0.39 is 41.2 Å². The molecule has 8 nitrogen and oxygen atoms in total. The van der Waals surface area contributed by atoms with Gasteiger partial charge in [0.15, 0.2) is 11.6 Å². The Labute approximate surface area is 190 Å². The van der Waals surface area contributed by atoms with Gasteiger partial charge in [-0.05, 0) is 38.1 Å². The highest BCUT2D eigenvalue weighted by Gasteiger charge is 2.34. The number of anilines is 1. The molecule has 1 amide bonds. The number of nitrogens with zero attached hydrogens (tertiary/aromatic N) is 2. The molecule has 2 aromatic carbocycles. The van der Waals surface area contributed by atoms with Crippen LogP contribution in [-0.4, -0.2) is 40.3 Å². The number of rotatable bonds is 8. The monoisotopic (exact) mass is 481 g/mol. The van der Waals surface area contributed by atoms with Gasteiger partial charge in [-0.2, -0.15) is 8.78 Å². The van der Waals surface area contributed by atoms with Crippen molar-refractivity contribution in [3.05, 3.63) is 65.5 Å². The third-order valence-electron chi connectivity index (χ3n) is 4.91. The minimum absolute atomic E-state index is 0.00844. The SMILES string of the molecule is COc1cc(F)c(-n2cc(C(C)(C)C(=O)O)nc2NC(=O)c2ccc(OC(F)F)cc2)c(F)c1. The molecule has 0 unspecified atom stereocenters. The molecule has 0 bridgehead atoms. The molecule has 0 aliphatic carbocycles. The molecule has 0 radical (unpaired) electrons. The zero-order chi connectivity index (χ0) is 25.2. The van der Waals surface area contributed by atoms with Gasteiger partial charge in [-0.15, -0.1) is 0 Å². The summed E-state index contributed by atoms with van der Waals surface area (Å²) in [5, 5.41) is 11.9. The molecular weight excluding hydrogens is 462 g/mol. The molecule has 0 aliphatic heterocycles. The normalized spacial score (nSPS) is 11.4. The van der Waals surface area contributed by atoms with Crippen LogP contribution < -0.4 is 14.8 Å². The third kappa shape index (κ3) is 4.95. The zero-order valence-electron chi connectivity index (χ0n) is 18.1. The number of aliphatic carboxylic acids is 1. The number of nitrogens with one attached hydrogen (secondary N) is 1. The number of imidazole rings is 1. The van der Waals surface area contributed by atoms with Gasteiger partial charge in [0.1, 0.15) is 22.6 Å². The van der Waals surface area contributed by atoms with Gasteiger partial charge in [-0.1, -0.05) is 0 Å². The van der Waals surface area contributed by atoms with E-state index in [0.717, 1.165) is 35.0 Å². The Hall–Kier alpha value is -4.09. The first-order valence-electron chi connectivity index (χ1n) is 9.67. The lowest BCUT2D eigenvalue weighted by Gasteiger charge is -2.15. The van der Waals surface area contributed by atoms with Crippen molar-refractivity contribution in [2.45, 2.75) is 25.9 Å². The number of carbonyl (C=O) groups is 2. The fourth-order valence-corrected chi connectivity index (χ4v) is 2.90. The van der Waals surface area contributed by atoms with Crippen molar-refractivity contribution in [2.24, 2.45) is 0 Å². The van der Waals surface area contributed by atoms with Crippen LogP contribution in [0.3, 0.4) is 0 Å². The third-order valence-corrected chi connectivity index (χ3v) is 4.91. The maximum absolute atomic E-state index is 14.8. The largest absolute Gasteiger partial charge is 0.497 e. The van der Waals surface area contributed by atoms with E-state index in [4.69, 9.17) is 4.74 Å². The van der Waals surface area contributed by atoms with Gasteiger partial charge < -0.3 is 14.6 Å². The van der Waals surface area contributed by atoms with Gasteiger partial charge in [-0.3, -0.25) is 19.5 Å². The second-order valence-electron chi connectivity index (χ2n) is 7.55. The Morgan fingerprint density at radius 2 is 1.68 bits per heavy atom.